The molecule has 0 aromatic heterocycles. The number of alkyl halides is 3. The van der Waals surface area contributed by atoms with E-state index in [4.69, 9.17) is 0 Å². The lowest BCUT2D eigenvalue weighted by Crippen LogP contribution is -2.35. The van der Waals surface area contributed by atoms with Crippen molar-refractivity contribution in [2.24, 2.45) is 0 Å². The summed E-state index contributed by atoms with van der Waals surface area (Å²) >= 11 is 0. The Kier molecular flexibility index (Phi) is 4.93. The maximum atomic E-state index is 12.2. The number of benzene rings is 1. The van der Waals surface area contributed by atoms with Crippen LogP contribution in [0.5, 0.6) is 5.75 Å². The highest BCUT2D eigenvalue weighted by Gasteiger charge is 2.31. The first-order valence-corrected chi connectivity index (χ1v) is 6.86. The molecule has 1 saturated heterocycles. The molecule has 1 heterocycles. The van der Waals surface area contributed by atoms with Crippen molar-refractivity contribution in [3.05, 3.63) is 24.3 Å². The zero-order valence-electron chi connectivity index (χ0n) is 11.4. The number of hydrogen-bond donors (Lipinski definition) is 1. The van der Waals surface area contributed by atoms with Gasteiger partial charge in [0.05, 0.1) is 0 Å². The predicted octanol–water partition coefficient (Wildman–Crippen LogP) is 3.99. The summed E-state index contributed by atoms with van der Waals surface area (Å²) in [6.45, 7) is 1.34. The summed E-state index contributed by atoms with van der Waals surface area (Å²) in [5, 5.41) is 2.61. The van der Waals surface area contributed by atoms with Gasteiger partial charge >= 0.3 is 12.4 Å². The summed E-state index contributed by atoms with van der Waals surface area (Å²) in [4.78, 5) is 13.8. The molecule has 1 aliphatic heterocycles. The van der Waals surface area contributed by atoms with Gasteiger partial charge in [-0.1, -0.05) is 18.9 Å². The second kappa shape index (κ2) is 6.69. The fourth-order valence-corrected chi connectivity index (χ4v) is 2.25. The van der Waals surface area contributed by atoms with Gasteiger partial charge in [-0.25, -0.2) is 4.79 Å². The van der Waals surface area contributed by atoms with Crippen molar-refractivity contribution in [2.45, 2.75) is 32.0 Å². The average Bonchev–Trinajstić information content (AvgIpc) is 2.65. The molecule has 0 radical (unpaired) electrons. The first-order valence-electron chi connectivity index (χ1n) is 6.86. The van der Waals surface area contributed by atoms with E-state index in [2.05, 4.69) is 10.1 Å². The van der Waals surface area contributed by atoms with E-state index in [-0.39, 0.29) is 17.5 Å². The number of likely N-dealkylation sites (tertiary alicyclic amines) is 1. The molecule has 0 spiro atoms. The van der Waals surface area contributed by atoms with Gasteiger partial charge in [-0.15, -0.1) is 13.2 Å². The van der Waals surface area contributed by atoms with Gasteiger partial charge in [-0.2, -0.15) is 0 Å². The summed E-state index contributed by atoms with van der Waals surface area (Å²) in [6.07, 6.45) is -0.653. The van der Waals surface area contributed by atoms with Crippen LogP contribution in [0.4, 0.5) is 23.7 Å². The highest BCUT2D eigenvalue weighted by atomic mass is 19.4. The number of hydrogen-bond acceptors (Lipinski definition) is 2. The third kappa shape index (κ3) is 5.17. The van der Waals surface area contributed by atoms with Gasteiger partial charge in [-0.05, 0) is 25.0 Å². The Morgan fingerprint density at radius 2 is 1.81 bits per heavy atom. The first-order chi connectivity index (χ1) is 9.94. The normalized spacial score (nSPS) is 16.2. The number of nitrogens with zero attached hydrogens (tertiary/aromatic N) is 1. The fourth-order valence-electron chi connectivity index (χ4n) is 2.25. The second-order valence-corrected chi connectivity index (χ2v) is 4.91. The topological polar surface area (TPSA) is 41.6 Å². The molecule has 21 heavy (non-hydrogen) atoms. The van der Waals surface area contributed by atoms with E-state index in [9.17, 15) is 18.0 Å². The number of halogens is 3. The van der Waals surface area contributed by atoms with Gasteiger partial charge in [0.1, 0.15) is 5.75 Å². The molecule has 1 aliphatic rings. The van der Waals surface area contributed by atoms with Crippen molar-refractivity contribution in [2.75, 3.05) is 18.4 Å². The minimum Gasteiger partial charge on any atom is -0.406 e. The summed E-state index contributed by atoms with van der Waals surface area (Å²) in [6, 6.07) is 4.98. The van der Waals surface area contributed by atoms with Crippen molar-refractivity contribution in [1.29, 1.82) is 0 Å². The zero-order chi connectivity index (χ0) is 15.3. The van der Waals surface area contributed by atoms with Crippen molar-refractivity contribution < 1.29 is 22.7 Å². The molecule has 0 aliphatic carbocycles. The van der Waals surface area contributed by atoms with Crippen LogP contribution in [0.1, 0.15) is 25.7 Å². The van der Waals surface area contributed by atoms with Crippen LogP contribution in [0.3, 0.4) is 0 Å². The number of anilines is 1. The van der Waals surface area contributed by atoms with Crippen molar-refractivity contribution in [3.63, 3.8) is 0 Å². The van der Waals surface area contributed by atoms with Gasteiger partial charge in [0.25, 0.3) is 0 Å². The molecule has 0 saturated carbocycles. The summed E-state index contributed by atoms with van der Waals surface area (Å²) in [5.41, 5.74) is 0.283. The van der Waals surface area contributed by atoms with Gasteiger partial charge in [0.15, 0.2) is 0 Å². The molecule has 4 nitrogen and oxygen atoms in total. The van der Waals surface area contributed by atoms with E-state index in [0.717, 1.165) is 31.7 Å². The van der Waals surface area contributed by atoms with Crippen LogP contribution >= 0.6 is 0 Å². The van der Waals surface area contributed by atoms with Crippen LogP contribution < -0.4 is 10.1 Å². The highest BCUT2D eigenvalue weighted by Crippen LogP contribution is 2.25. The minimum atomic E-state index is -4.74. The van der Waals surface area contributed by atoms with Gasteiger partial charge < -0.3 is 15.0 Å². The minimum absolute atomic E-state index is 0.283. The molecule has 1 fully saturated rings. The maximum Gasteiger partial charge on any atom is 0.573 e. The van der Waals surface area contributed by atoms with E-state index in [1.54, 1.807) is 4.90 Å². The lowest BCUT2D eigenvalue weighted by Gasteiger charge is -2.21. The molecule has 0 atom stereocenters. The van der Waals surface area contributed by atoms with Crippen LogP contribution in [0.15, 0.2) is 24.3 Å². The van der Waals surface area contributed by atoms with E-state index >= 15 is 0 Å². The third-order valence-corrected chi connectivity index (χ3v) is 3.21. The van der Waals surface area contributed by atoms with Gasteiger partial charge in [-0.3, -0.25) is 0 Å². The van der Waals surface area contributed by atoms with Gasteiger partial charge in [0.2, 0.25) is 0 Å². The third-order valence-electron chi connectivity index (χ3n) is 3.21. The molecular formula is C14H17F3N2O2. The van der Waals surface area contributed by atoms with E-state index < -0.39 is 6.36 Å². The number of urea groups is 1. The average molecular weight is 302 g/mol. The Hall–Kier alpha value is -1.92. The number of nitrogens with one attached hydrogen (secondary N) is 1. The number of rotatable bonds is 2. The summed E-state index contributed by atoms with van der Waals surface area (Å²) < 4.78 is 40.3. The van der Waals surface area contributed by atoms with Crippen LogP contribution in [-0.4, -0.2) is 30.4 Å². The molecule has 2 amide bonds. The summed E-state index contributed by atoms with van der Waals surface area (Å²) in [5.74, 6) is -0.351. The van der Waals surface area contributed by atoms with Gasteiger partial charge in [0, 0.05) is 24.8 Å². The highest BCUT2D eigenvalue weighted by molar-refractivity contribution is 5.89. The van der Waals surface area contributed by atoms with E-state index in [1.807, 2.05) is 0 Å². The van der Waals surface area contributed by atoms with Crippen molar-refractivity contribution in [1.82, 2.24) is 4.90 Å². The summed E-state index contributed by atoms with van der Waals surface area (Å²) in [7, 11) is 0. The molecule has 1 aromatic rings. The molecule has 0 unspecified atom stereocenters. The second-order valence-electron chi connectivity index (χ2n) is 4.91. The van der Waals surface area contributed by atoms with Crippen LogP contribution in [0.2, 0.25) is 0 Å². The van der Waals surface area contributed by atoms with E-state index in [1.165, 1.54) is 18.2 Å². The van der Waals surface area contributed by atoms with Crippen LogP contribution in [-0.2, 0) is 0 Å². The van der Waals surface area contributed by atoms with Crippen molar-refractivity contribution >= 4 is 11.7 Å². The molecule has 7 heteroatoms. The predicted molar refractivity (Wildman–Crippen MR) is 72.2 cm³/mol. The SMILES string of the molecule is O=C(Nc1cccc(OC(F)(F)F)c1)N1CCCCCC1. The van der Waals surface area contributed by atoms with Crippen molar-refractivity contribution in [3.8, 4) is 5.75 Å². The standard InChI is InChI=1S/C14H17F3N2O2/c15-14(16,17)21-12-7-5-6-11(10-12)18-13(20)19-8-3-1-2-4-9-19/h5-7,10H,1-4,8-9H2,(H,18,20). The molecular weight excluding hydrogens is 285 g/mol. The van der Waals surface area contributed by atoms with E-state index in [0.29, 0.717) is 13.1 Å². The monoisotopic (exact) mass is 302 g/mol. The Labute approximate surface area is 120 Å². The Bertz CT molecular complexity index is 483. The molecule has 0 bridgehead atoms. The Morgan fingerprint density at radius 3 is 2.43 bits per heavy atom. The first kappa shape index (κ1) is 15.5. The lowest BCUT2D eigenvalue weighted by molar-refractivity contribution is -0.274. The number of amides is 2. The van der Waals surface area contributed by atoms with Crippen LogP contribution in [0, 0.1) is 0 Å². The largest absolute Gasteiger partial charge is 0.573 e. The number of ether oxygens (including phenoxy) is 1. The number of carbonyl (C=O) groups excluding carboxylic acids is 1. The Balaban J connectivity index is 1.98. The zero-order valence-corrected chi connectivity index (χ0v) is 11.4. The smallest absolute Gasteiger partial charge is 0.406 e. The lowest BCUT2D eigenvalue weighted by atomic mass is 10.2. The molecule has 1 aromatic carbocycles. The molecule has 1 N–H and O–H groups in total. The molecule has 2 rings (SSSR count). The Morgan fingerprint density at radius 1 is 1.14 bits per heavy atom. The fraction of sp³-hybridized carbons (Fsp3) is 0.500. The number of carbonyl (C=O) groups is 1. The van der Waals surface area contributed by atoms with Crippen LogP contribution in [0.25, 0.3) is 0 Å². The molecule has 116 valence electrons. The maximum absolute atomic E-state index is 12.2. The quantitative estimate of drug-likeness (QED) is 0.897.